The van der Waals surface area contributed by atoms with Crippen molar-refractivity contribution in [3.8, 4) is 0 Å². The van der Waals surface area contributed by atoms with E-state index in [1.807, 2.05) is 0 Å². The molecule has 0 bridgehead atoms. The van der Waals surface area contributed by atoms with Gasteiger partial charge in [-0.25, -0.2) is 9.67 Å². The van der Waals surface area contributed by atoms with E-state index in [1.165, 1.54) is 6.20 Å². The van der Waals surface area contributed by atoms with Crippen molar-refractivity contribution in [3.63, 3.8) is 0 Å². The highest BCUT2D eigenvalue weighted by Crippen LogP contribution is 2.29. The van der Waals surface area contributed by atoms with Crippen molar-refractivity contribution in [2.45, 2.75) is 6.54 Å². The molecule has 0 aliphatic carbocycles. The van der Waals surface area contributed by atoms with Gasteiger partial charge in [0, 0.05) is 12.7 Å². The minimum absolute atomic E-state index is 0.101. The van der Waals surface area contributed by atoms with Gasteiger partial charge in [-0.15, -0.1) is 0 Å². The van der Waals surface area contributed by atoms with Crippen molar-refractivity contribution in [2.24, 2.45) is 0 Å². The average Bonchev–Trinajstić information content (AvgIpc) is 2.92. The summed E-state index contributed by atoms with van der Waals surface area (Å²) >= 11 is 11.9. The van der Waals surface area contributed by atoms with Crippen LogP contribution >= 0.6 is 23.2 Å². The molecule has 0 saturated carbocycles. The van der Waals surface area contributed by atoms with Crippen LogP contribution in [0.2, 0.25) is 10.0 Å². The Labute approximate surface area is 145 Å². The van der Waals surface area contributed by atoms with Gasteiger partial charge in [-0.05, 0) is 18.2 Å². The molecule has 2 N–H and O–H groups in total. The van der Waals surface area contributed by atoms with Gasteiger partial charge in [0.2, 0.25) is 5.95 Å². The molecule has 1 aromatic carbocycles. The van der Waals surface area contributed by atoms with Gasteiger partial charge in [0.15, 0.2) is 5.52 Å². The van der Waals surface area contributed by atoms with Crippen LogP contribution in [-0.4, -0.2) is 37.9 Å². The van der Waals surface area contributed by atoms with Crippen molar-refractivity contribution in [1.29, 1.82) is 0 Å². The summed E-state index contributed by atoms with van der Waals surface area (Å²) in [5, 5.41) is 13.5. The Kier molecular flexibility index (Phi) is 4.16. The Hall–Kier alpha value is -2.58. The fourth-order valence-corrected chi connectivity index (χ4v) is 2.51. The predicted molar refractivity (Wildman–Crippen MR) is 90.3 cm³/mol. The number of aromatic amines is 1. The van der Waals surface area contributed by atoms with E-state index in [4.69, 9.17) is 28.3 Å². The topological polar surface area (TPSA) is 104 Å². The molecule has 24 heavy (non-hydrogen) atoms. The van der Waals surface area contributed by atoms with Crippen LogP contribution in [-0.2, 0) is 11.3 Å². The number of carbonyl (C=O) groups is 1. The third-order valence-corrected chi connectivity index (χ3v) is 4.12. The van der Waals surface area contributed by atoms with Crippen LogP contribution in [0.3, 0.4) is 0 Å². The lowest BCUT2D eigenvalue weighted by Gasteiger charge is -2.18. The first-order valence-electron chi connectivity index (χ1n) is 6.73. The second-order valence-corrected chi connectivity index (χ2v) is 5.79. The lowest BCUT2D eigenvalue weighted by atomic mass is 10.3. The summed E-state index contributed by atoms with van der Waals surface area (Å²) in [5.41, 5.74) is 0.580. The van der Waals surface area contributed by atoms with E-state index < -0.39 is 18.1 Å². The SMILES string of the molecule is CN(c1ccc(Cl)c(Cl)c1)c1nc2cnn(CC(=O)O)c2c(=O)[nH]1. The molecule has 0 atom stereocenters. The monoisotopic (exact) mass is 367 g/mol. The summed E-state index contributed by atoms with van der Waals surface area (Å²) < 4.78 is 1.09. The predicted octanol–water partition coefficient (Wildman–Crippen LogP) is 2.28. The standard InChI is InChI=1S/C14H11Cl2N5O3/c1-20(7-2-3-8(15)9(16)4-7)14-18-10-5-17-21(6-11(22)23)12(10)13(24)19-14/h2-5H,6H2,1H3,(H,22,23)(H,18,19,24). The largest absolute Gasteiger partial charge is 0.480 e. The number of carboxylic acids is 1. The summed E-state index contributed by atoms with van der Waals surface area (Å²) in [6, 6.07) is 5.01. The highest BCUT2D eigenvalue weighted by atomic mass is 35.5. The van der Waals surface area contributed by atoms with Gasteiger partial charge in [0.25, 0.3) is 5.56 Å². The van der Waals surface area contributed by atoms with E-state index in [1.54, 1.807) is 30.1 Å². The highest BCUT2D eigenvalue weighted by Gasteiger charge is 2.15. The van der Waals surface area contributed by atoms with Gasteiger partial charge >= 0.3 is 5.97 Å². The number of fused-ring (bicyclic) bond motifs is 1. The summed E-state index contributed by atoms with van der Waals surface area (Å²) in [4.78, 5) is 31.7. The minimum Gasteiger partial charge on any atom is -0.480 e. The van der Waals surface area contributed by atoms with Crippen LogP contribution in [0, 0.1) is 0 Å². The average molecular weight is 368 g/mol. The molecule has 0 amide bonds. The van der Waals surface area contributed by atoms with Crippen LogP contribution in [0.5, 0.6) is 0 Å². The maximum atomic E-state index is 12.3. The summed E-state index contributed by atoms with van der Waals surface area (Å²) in [6.07, 6.45) is 1.35. The zero-order valence-corrected chi connectivity index (χ0v) is 13.8. The first-order chi connectivity index (χ1) is 11.4. The number of H-pyrrole nitrogens is 1. The quantitative estimate of drug-likeness (QED) is 0.732. The van der Waals surface area contributed by atoms with Crippen LogP contribution in [0.1, 0.15) is 0 Å². The molecule has 8 nitrogen and oxygen atoms in total. The Morgan fingerprint density at radius 3 is 2.79 bits per heavy atom. The number of aliphatic carboxylic acids is 1. The van der Waals surface area contributed by atoms with E-state index in [0.29, 0.717) is 21.2 Å². The van der Waals surface area contributed by atoms with E-state index in [-0.39, 0.29) is 11.5 Å². The number of carboxylic acid groups (broad SMARTS) is 1. The number of rotatable bonds is 4. The van der Waals surface area contributed by atoms with E-state index >= 15 is 0 Å². The second kappa shape index (κ2) is 6.14. The number of hydrogen-bond donors (Lipinski definition) is 2. The Morgan fingerprint density at radius 1 is 1.38 bits per heavy atom. The summed E-state index contributed by atoms with van der Waals surface area (Å²) in [5.74, 6) is -0.836. The maximum absolute atomic E-state index is 12.3. The van der Waals surface area contributed by atoms with Crippen molar-refractivity contribution in [3.05, 3.63) is 44.8 Å². The number of nitrogens with zero attached hydrogens (tertiary/aromatic N) is 4. The first kappa shape index (κ1) is 16.3. The molecule has 0 unspecified atom stereocenters. The van der Waals surface area contributed by atoms with Gasteiger partial charge in [-0.3, -0.25) is 14.6 Å². The lowest BCUT2D eigenvalue weighted by Crippen LogP contribution is -2.21. The number of halogens is 2. The number of anilines is 2. The van der Waals surface area contributed by atoms with Crippen LogP contribution in [0.25, 0.3) is 11.0 Å². The van der Waals surface area contributed by atoms with Crippen LogP contribution in [0.15, 0.2) is 29.2 Å². The molecule has 0 aliphatic heterocycles. The van der Waals surface area contributed by atoms with Crippen molar-refractivity contribution in [1.82, 2.24) is 19.7 Å². The summed E-state index contributed by atoms with van der Waals surface area (Å²) in [7, 11) is 1.70. The molecular weight excluding hydrogens is 357 g/mol. The van der Waals surface area contributed by atoms with Crippen molar-refractivity contribution in [2.75, 3.05) is 11.9 Å². The molecule has 3 aromatic rings. The molecule has 0 fully saturated rings. The molecule has 0 saturated heterocycles. The Balaban J connectivity index is 2.05. The molecular formula is C14H11Cl2N5O3. The molecule has 10 heteroatoms. The Bertz CT molecular complexity index is 998. The van der Waals surface area contributed by atoms with Crippen LogP contribution < -0.4 is 10.5 Å². The maximum Gasteiger partial charge on any atom is 0.325 e. The van der Waals surface area contributed by atoms with Gasteiger partial charge in [-0.2, -0.15) is 5.10 Å². The fourth-order valence-electron chi connectivity index (χ4n) is 2.22. The first-order valence-corrected chi connectivity index (χ1v) is 7.49. The van der Waals surface area contributed by atoms with Crippen molar-refractivity contribution < 1.29 is 9.90 Å². The van der Waals surface area contributed by atoms with Crippen LogP contribution in [0.4, 0.5) is 11.6 Å². The number of aromatic nitrogens is 4. The van der Waals surface area contributed by atoms with E-state index in [9.17, 15) is 9.59 Å². The third-order valence-electron chi connectivity index (χ3n) is 3.38. The molecule has 0 spiro atoms. The van der Waals surface area contributed by atoms with Gasteiger partial charge in [-0.1, -0.05) is 23.2 Å². The normalized spacial score (nSPS) is 11.0. The van der Waals surface area contributed by atoms with Gasteiger partial charge in [0.05, 0.1) is 16.2 Å². The zero-order valence-electron chi connectivity index (χ0n) is 12.3. The van der Waals surface area contributed by atoms with Gasteiger partial charge < -0.3 is 10.0 Å². The minimum atomic E-state index is -1.10. The second-order valence-electron chi connectivity index (χ2n) is 4.98. The lowest BCUT2D eigenvalue weighted by molar-refractivity contribution is -0.137. The molecule has 0 radical (unpaired) electrons. The highest BCUT2D eigenvalue weighted by molar-refractivity contribution is 6.42. The number of hydrogen-bond acceptors (Lipinski definition) is 5. The van der Waals surface area contributed by atoms with Crippen molar-refractivity contribution >= 4 is 51.8 Å². The molecule has 2 aromatic heterocycles. The molecule has 0 aliphatic rings. The smallest absolute Gasteiger partial charge is 0.325 e. The summed E-state index contributed by atoms with van der Waals surface area (Å²) in [6.45, 7) is -0.420. The number of nitrogens with one attached hydrogen (secondary N) is 1. The fraction of sp³-hybridized carbons (Fsp3) is 0.143. The van der Waals surface area contributed by atoms with E-state index in [0.717, 1.165) is 4.68 Å². The third kappa shape index (κ3) is 2.93. The Morgan fingerprint density at radius 2 is 2.12 bits per heavy atom. The molecule has 124 valence electrons. The zero-order chi connectivity index (χ0) is 17.4. The number of benzene rings is 1. The van der Waals surface area contributed by atoms with Gasteiger partial charge in [0.1, 0.15) is 12.1 Å². The van der Waals surface area contributed by atoms with E-state index in [2.05, 4.69) is 15.1 Å². The molecule has 3 rings (SSSR count). The molecule has 2 heterocycles.